The Hall–Kier alpha value is -1.88. The standard InChI is InChI=1S/C22H24ClNO3/c1-2-3-7-16-10-11-20-18(14-16)22(26-12-6-13-27-22)21(25)24(20)15-17-8-4-5-9-19(17)23/h4-5,8-11,14H,2-3,6-7,12-13,15H2,1H3. The molecule has 0 N–H and O–H groups in total. The van der Waals surface area contributed by atoms with E-state index in [2.05, 4.69) is 19.1 Å². The maximum atomic E-state index is 13.4. The highest BCUT2D eigenvalue weighted by molar-refractivity contribution is 6.31. The minimum absolute atomic E-state index is 0.162. The van der Waals surface area contributed by atoms with Gasteiger partial charge in [-0.05, 0) is 48.6 Å². The van der Waals surface area contributed by atoms with E-state index in [4.69, 9.17) is 21.1 Å². The predicted octanol–water partition coefficient (Wildman–Crippen LogP) is 4.82. The Morgan fingerprint density at radius 3 is 2.67 bits per heavy atom. The number of rotatable bonds is 5. The second kappa shape index (κ2) is 7.63. The lowest BCUT2D eigenvalue weighted by molar-refractivity contribution is -0.256. The fourth-order valence-corrected chi connectivity index (χ4v) is 3.98. The van der Waals surface area contributed by atoms with Gasteiger partial charge in [0.1, 0.15) is 0 Å². The molecule has 0 saturated carbocycles. The summed E-state index contributed by atoms with van der Waals surface area (Å²) in [6.07, 6.45) is 4.03. The normalized spacial score (nSPS) is 18.1. The number of aryl methyl sites for hydroxylation is 1. The number of unbranched alkanes of at least 4 members (excludes halogenated alkanes) is 1. The molecule has 0 aliphatic carbocycles. The van der Waals surface area contributed by atoms with Crippen LogP contribution in [-0.2, 0) is 33.0 Å². The van der Waals surface area contributed by atoms with E-state index < -0.39 is 5.79 Å². The number of fused-ring (bicyclic) bond motifs is 2. The first-order chi connectivity index (χ1) is 13.2. The van der Waals surface area contributed by atoms with E-state index in [-0.39, 0.29) is 5.91 Å². The molecule has 4 nitrogen and oxygen atoms in total. The summed E-state index contributed by atoms with van der Waals surface area (Å²) in [5.74, 6) is -1.47. The lowest BCUT2D eigenvalue weighted by Crippen LogP contribution is -2.47. The summed E-state index contributed by atoms with van der Waals surface area (Å²) < 4.78 is 12.0. The van der Waals surface area contributed by atoms with Gasteiger partial charge in [-0.25, -0.2) is 0 Å². The molecule has 0 radical (unpaired) electrons. The average molecular weight is 386 g/mol. The predicted molar refractivity (Wildman–Crippen MR) is 106 cm³/mol. The molecule has 2 aliphatic heterocycles. The second-order valence-corrected chi connectivity index (χ2v) is 7.51. The van der Waals surface area contributed by atoms with Crippen LogP contribution in [0.15, 0.2) is 42.5 Å². The fourth-order valence-electron chi connectivity index (χ4n) is 3.79. The molecule has 0 bridgehead atoms. The number of benzene rings is 2. The second-order valence-electron chi connectivity index (χ2n) is 7.10. The highest BCUT2D eigenvalue weighted by Crippen LogP contribution is 2.46. The van der Waals surface area contributed by atoms with Crippen molar-refractivity contribution in [3.8, 4) is 0 Å². The van der Waals surface area contributed by atoms with E-state index in [0.29, 0.717) is 24.8 Å². The average Bonchev–Trinajstić information content (AvgIpc) is 2.91. The highest BCUT2D eigenvalue weighted by atomic mass is 35.5. The van der Waals surface area contributed by atoms with E-state index in [9.17, 15) is 4.79 Å². The van der Waals surface area contributed by atoms with Crippen LogP contribution in [0.1, 0.15) is 42.9 Å². The van der Waals surface area contributed by atoms with Gasteiger partial charge in [-0.3, -0.25) is 4.79 Å². The molecule has 2 aromatic rings. The van der Waals surface area contributed by atoms with Crippen LogP contribution in [0.4, 0.5) is 5.69 Å². The maximum Gasteiger partial charge on any atom is 0.292 e. The van der Waals surface area contributed by atoms with Gasteiger partial charge < -0.3 is 14.4 Å². The number of ether oxygens (including phenoxy) is 2. The Kier molecular flexibility index (Phi) is 5.22. The van der Waals surface area contributed by atoms with Gasteiger partial charge in [0.05, 0.1) is 25.4 Å². The molecule has 1 fully saturated rings. The van der Waals surface area contributed by atoms with Crippen LogP contribution in [0, 0.1) is 0 Å². The van der Waals surface area contributed by atoms with Crippen LogP contribution in [0.25, 0.3) is 0 Å². The van der Waals surface area contributed by atoms with Gasteiger partial charge in [-0.2, -0.15) is 0 Å². The Labute approximate surface area is 165 Å². The number of hydrogen-bond donors (Lipinski definition) is 0. The number of carbonyl (C=O) groups excluding carboxylic acids is 1. The highest BCUT2D eigenvalue weighted by Gasteiger charge is 2.54. The minimum Gasteiger partial charge on any atom is -0.338 e. The largest absolute Gasteiger partial charge is 0.338 e. The van der Waals surface area contributed by atoms with Crippen molar-refractivity contribution < 1.29 is 14.3 Å². The van der Waals surface area contributed by atoms with Gasteiger partial charge in [0, 0.05) is 10.6 Å². The monoisotopic (exact) mass is 385 g/mol. The number of carbonyl (C=O) groups is 1. The SMILES string of the molecule is CCCCc1ccc2c(c1)C1(OCCCO1)C(=O)N2Cc1ccccc1Cl. The molecule has 1 saturated heterocycles. The Bertz CT molecular complexity index is 845. The van der Waals surface area contributed by atoms with Crippen LogP contribution >= 0.6 is 11.6 Å². The molecule has 1 spiro atoms. The Morgan fingerprint density at radius 2 is 1.93 bits per heavy atom. The number of hydrogen-bond acceptors (Lipinski definition) is 3. The van der Waals surface area contributed by atoms with Crippen molar-refractivity contribution in [2.45, 2.75) is 44.9 Å². The molecule has 0 aromatic heterocycles. The third kappa shape index (κ3) is 3.27. The maximum absolute atomic E-state index is 13.4. The zero-order chi connectivity index (χ0) is 18.9. The van der Waals surface area contributed by atoms with Crippen LogP contribution in [0.2, 0.25) is 5.02 Å². The molecule has 5 heteroatoms. The lowest BCUT2D eigenvalue weighted by atomic mass is 10.00. The molecule has 1 amide bonds. The lowest BCUT2D eigenvalue weighted by Gasteiger charge is -2.32. The van der Waals surface area contributed by atoms with Crippen molar-refractivity contribution >= 4 is 23.2 Å². The summed E-state index contributed by atoms with van der Waals surface area (Å²) in [5.41, 5.74) is 3.79. The van der Waals surface area contributed by atoms with E-state index in [1.165, 1.54) is 5.56 Å². The first-order valence-electron chi connectivity index (χ1n) is 9.62. The molecule has 4 rings (SSSR count). The molecule has 142 valence electrons. The summed E-state index contributed by atoms with van der Waals surface area (Å²) in [7, 11) is 0. The topological polar surface area (TPSA) is 38.8 Å². The van der Waals surface area contributed by atoms with E-state index >= 15 is 0 Å². The molecule has 0 unspecified atom stereocenters. The first kappa shape index (κ1) is 18.5. The zero-order valence-electron chi connectivity index (χ0n) is 15.5. The summed E-state index contributed by atoms with van der Waals surface area (Å²) >= 11 is 6.34. The molecule has 27 heavy (non-hydrogen) atoms. The van der Waals surface area contributed by atoms with E-state index in [1.54, 1.807) is 4.90 Å². The smallest absolute Gasteiger partial charge is 0.292 e. The van der Waals surface area contributed by atoms with Crippen molar-refractivity contribution in [1.82, 2.24) is 0 Å². The van der Waals surface area contributed by atoms with Gasteiger partial charge >= 0.3 is 0 Å². The molecular formula is C22H24ClNO3. The number of anilines is 1. The van der Waals surface area contributed by atoms with Gasteiger partial charge in [0.15, 0.2) is 0 Å². The summed E-state index contributed by atoms with van der Waals surface area (Å²) in [6.45, 7) is 3.61. The Morgan fingerprint density at radius 1 is 1.15 bits per heavy atom. The third-order valence-corrected chi connectivity index (χ3v) is 5.61. The van der Waals surface area contributed by atoms with Crippen LogP contribution < -0.4 is 4.90 Å². The first-order valence-corrected chi connectivity index (χ1v) is 10.00. The zero-order valence-corrected chi connectivity index (χ0v) is 16.3. The summed E-state index contributed by atoms with van der Waals surface area (Å²) in [5, 5.41) is 0.651. The molecule has 2 heterocycles. The molecule has 2 aromatic carbocycles. The van der Waals surface area contributed by atoms with E-state index in [0.717, 1.165) is 42.5 Å². The van der Waals surface area contributed by atoms with Gasteiger partial charge in [-0.15, -0.1) is 0 Å². The van der Waals surface area contributed by atoms with Crippen molar-refractivity contribution in [3.63, 3.8) is 0 Å². The summed E-state index contributed by atoms with van der Waals surface area (Å²) in [4.78, 5) is 15.2. The van der Waals surface area contributed by atoms with Crippen molar-refractivity contribution in [3.05, 3.63) is 64.2 Å². The van der Waals surface area contributed by atoms with Crippen LogP contribution in [0.5, 0.6) is 0 Å². The molecular weight excluding hydrogens is 362 g/mol. The quantitative estimate of drug-likeness (QED) is 0.740. The Balaban J connectivity index is 1.74. The number of halogens is 1. The van der Waals surface area contributed by atoms with Gasteiger partial charge in [0.25, 0.3) is 11.7 Å². The van der Waals surface area contributed by atoms with Crippen LogP contribution in [-0.4, -0.2) is 19.1 Å². The fraction of sp³-hybridized carbons (Fsp3) is 0.409. The van der Waals surface area contributed by atoms with Gasteiger partial charge in [-0.1, -0.05) is 49.2 Å². The number of amides is 1. The van der Waals surface area contributed by atoms with Crippen LogP contribution in [0.3, 0.4) is 0 Å². The third-order valence-electron chi connectivity index (χ3n) is 5.24. The minimum atomic E-state index is -1.31. The molecule has 0 atom stereocenters. The summed E-state index contributed by atoms with van der Waals surface area (Å²) in [6, 6.07) is 13.8. The molecule has 2 aliphatic rings. The van der Waals surface area contributed by atoms with E-state index in [1.807, 2.05) is 30.3 Å². The van der Waals surface area contributed by atoms with Crippen molar-refractivity contribution in [2.24, 2.45) is 0 Å². The number of nitrogens with zero attached hydrogens (tertiary/aromatic N) is 1. The van der Waals surface area contributed by atoms with Gasteiger partial charge in [0.2, 0.25) is 0 Å². The van der Waals surface area contributed by atoms with Crippen molar-refractivity contribution in [2.75, 3.05) is 18.1 Å². The van der Waals surface area contributed by atoms with Crippen molar-refractivity contribution in [1.29, 1.82) is 0 Å².